The first-order chi connectivity index (χ1) is 7.74. The van der Waals surface area contributed by atoms with Crippen LogP contribution in [0.3, 0.4) is 0 Å². The first-order valence-corrected chi connectivity index (χ1v) is 6.23. The zero-order valence-corrected chi connectivity index (χ0v) is 9.82. The summed E-state index contributed by atoms with van der Waals surface area (Å²) in [5.41, 5.74) is 0. The molecule has 2 fully saturated rings. The standard InChI is InChI=1S/C12H21NO3/c1-13-6-7-16-11-5-4-8-9(11)2-3-10(8)12(14)15/h8-11,13H,2-7H2,1H3,(H,14,15). The molecular weight excluding hydrogens is 206 g/mol. The molecule has 2 aliphatic carbocycles. The Hall–Kier alpha value is -0.610. The fourth-order valence-corrected chi connectivity index (χ4v) is 3.37. The van der Waals surface area contributed by atoms with E-state index in [1.54, 1.807) is 0 Å². The molecule has 4 heteroatoms. The van der Waals surface area contributed by atoms with E-state index in [2.05, 4.69) is 5.32 Å². The number of hydrogen-bond acceptors (Lipinski definition) is 3. The number of fused-ring (bicyclic) bond motifs is 1. The summed E-state index contributed by atoms with van der Waals surface area (Å²) in [7, 11) is 1.91. The maximum atomic E-state index is 11.1. The molecule has 0 heterocycles. The van der Waals surface area contributed by atoms with E-state index in [-0.39, 0.29) is 5.92 Å². The van der Waals surface area contributed by atoms with Crippen molar-refractivity contribution in [3.05, 3.63) is 0 Å². The van der Waals surface area contributed by atoms with Crippen LogP contribution in [0.1, 0.15) is 25.7 Å². The smallest absolute Gasteiger partial charge is 0.306 e. The molecule has 16 heavy (non-hydrogen) atoms. The third-order valence-corrected chi connectivity index (χ3v) is 4.14. The fourth-order valence-electron chi connectivity index (χ4n) is 3.37. The van der Waals surface area contributed by atoms with Crippen LogP contribution < -0.4 is 5.32 Å². The van der Waals surface area contributed by atoms with Gasteiger partial charge in [0.1, 0.15) is 0 Å². The van der Waals surface area contributed by atoms with E-state index in [1.165, 1.54) is 0 Å². The zero-order valence-electron chi connectivity index (χ0n) is 9.82. The van der Waals surface area contributed by atoms with Crippen molar-refractivity contribution in [2.24, 2.45) is 17.8 Å². The van der Waals surface area contributed by atoms with E-state index in [4.69, 9.17) is 9.84 Å². The molecule has 0 amide bonds. The maximum absolute atomic E-state index is 11.1. The number of carbonyl (C=O) groups is 1. The van der Waals surface area contributed by atoms with Crippen molar-refractivity contribution in [1.82, 2.24) is 5.32 Å². The topological polar surface area (TPSA) is 58.6 Å². The lowest BCUT2D eigenvalue weighted by molar-refractivity contribution is -0.143. The van der Waals surface area contributed by atoms with E-state index in [0.29, 0.717) is 17.9 Å². The molecule has 0 spiro atoms. The van der Waals surface area contributed by atoms with Crippen LogP contribution in [-0.4, -0.2) is 37.4 Å². The molecule has 0 saturated heterocycles. The molecule has 92 valence electrons. The summed E-state index contributed by atoms with van der Waals surface area (Å²) in [5.74, 6) is 0.154. The number of hydrogen-bond donors (Lipinski definition) is 2. The van der Waals surface area contributed by atoms with Gasteiger partial charge in [0.15, 0.2) is 0 Å². The second-order valence-electron chi connectivity index (χ2n) is 4.94. The molecule has 0 bridgehead atoms. The number of nitrogens with one attached hydrogen (secondary N) is 1. The third kappa shape index (κ3) is 2.23. The minimum Gasteiger partial charge on any atom is -0.481 e. The molecule has 2 rings (SSSR count). The van der Waals surface area contributed by atoms with Crippen molar-refractivity contribution >= 4 is 5.97 Å². The van der Waals surface area contributed by atoms with Gasteiger partial charge in [-0.1, -0.05) is 0 Å². The Morgan fingerprint density at radius 3 is 2.75 bits per heavy atom. The minimum atomic E-state index is -0.608. The summed E-state index contributed by atoms with van der Waals surface area (Å²) >= 11 is 0. The van der Waals surface area contributed by atoms with Gasteiger partial charge in [0, 0.05) is 6.54 Å². The van der Waals surface area contributed by atoms with Gasteiger partial charge < -0.3 is 15.2 Å². The SMILES string of the molecule is CNCCOC1CCC2C(C(=O)O)CCC12. The first kappa shape index (κ1) is 11.9. The van der Waals surface area contributed by atoms with Crippen molar-refractivity contribution < 1.29 is 14.6 Å². The Kier molecular flexibility index (Phi) is 3.82. The lowest BCUT2D eigenvalue weighted by atomic mass is 9.92. The molecule has 4 nitrogen and oxygen atoms in total. The monoisotopic (exact) mass is 227 g/mol. The highest BCUT2D eigenvalue weighted by molar-refractivity contribution is 5.70. The van der Waals surface area contributed by atoms with E-state index in [0.717, 1.165) is 38.8 Å². The van der Waals surface area contributed by atoms with Crippen LogP contribution in [-0.2, 0) is 9.53 Å². The summed E-state index contributed by atoms with van der Waals surface area (Å²) in [5, 5.41) is 12.2. The highest BCUT2D eigenvalue weighted by Gasteiger charge is 2.47. The van der Waals surface area contributed by atoms with Gasteiger partial charge in [0.05, 0.1) is 18.6 Å². The van der Waals surface area contributed by atoms with Crippen LogP contribution in [0.25, 0.3) is 0 Å². The van der Waals surface area contributed by atoms with E-state index >= 15 is 0 Å². The number of rotatable bonds is 5. The van der Waals surface area contributed by atoms with Crippen LogP contribution in [0.4, 0.5) is 0 Å². The molecule has 2 aliphatic rings. The van der Waals surface area contributed by atoms with E-state index in [9.17, 15) is 4.79 Å². The summed E-state index contributed by atoms with van der Waals surface area (Å²) in [6.07, 6.45) is 4.26. The summed E-state index contributed by atoms with van der Waals surface area (Å²) in [6, 6.07) is 0. The second-order valence-corrected chi connectivity index (χ2v) is 4.94. The average Bonchev–Trinajstić information content (AvgIpc) is 2.80. The Bertz CT molecular complexity index is 257. The predicted octanol–water partition coefficient (Wildman–Crippen LogP) is 1.11. The van der Waals surface area contributed by atoms with Gasteiger partial charge in [-0.3, -0.25) is 4.79 Å². The van der Waals surface area contributed by atoms with Gasteiger partial charge in [-0.2, -0.15) is 0 Å². The largest absolute Gasteiger partial charge is 0.481 e. The van der Waals surface area contributed by atoms with Crippen molar-refractivity contribution in [2.45, 2.75) is 31.8 Å². The minimum absolute atomic E-state index is 0.108. The molecule has 0 aromatic carbocycles. The quantitative estimate of drug-likeness (QED) is 0.691. The molecule has 2 saturated carbocycles. The Labute approximate surface area is 96.4 Å². The number of likely N-dealkylation sites (N-methyl/N-ethyl adjacent to an activating group) is 1. The van der Waals surface area contributed by atoms with Gasteiger partial charge in [-0.25, -0.2) is 0 Å². The highest BCUT2D eigenvalue weighted by Crippen LogP contribution is 2.48. The molecular formula is C12H21NO3. The molecule has 4 atom stereocenters. The Balaban J connectivity index is 1.85. The van der Waals surface area contributed by atoms with Gasteiger partial charge in [0.2, 0.25) is 0 Å². The average molecular weight is 227 g/mol. The summed E-state index contributed by atoms with van der Waals surface area (Å²) in [4.78, 5) is 11.1. The lowest BCUT2D eigenvalue weighted by Gasteiger charge is -2.19. The maximum Gasteiger partial charge on any atom is 0.306 e. The van der Waals surface area contributed by atoms with Crippen LogP contribution in [0.2, 0.25) is 0 Å². The number of carboxylic acid groups (broad SMARTS) is 1. The van der Waals surface area contributed by atoms with E-state index in [1.807, 2.05) is 7.05 Å². The molecule has 2 N–H and O–H groups in total. The van der Waals surface area contributed by atoms with Crippen LogP contribution >= 0.6 is 0 Å². The molecule has 0 aliphatic heterocycles. The lowest BCUT2D eigenvalue weighted by Crippen LogP contribution is -2.25. The molecule has 0 aromatic heterocycles. The number of aliphatic carboxylic acids is 1. The van der Waals surface area contributed by atoms with Crippen LogP contribution in [0, 0.1) is 17.8 Å². The van der Waals surface area contributed by atoms with Crippen LogP contribution in [0.5, 0.6) is 0 Å². The normalized spacial score (nSPS) is 37.6. The van der Waals surface area contributed by atoms with Gasteiger partial charge in [0.25, 0.3) is 0 Å². The molecule has 0 aromatic rings. The molecule has 0 radical (unpaired) electrons. The number of ether oxygens (including phenoxy) is 1. The Morgan fingerprint density at radius 2 is 2.06 bits per heavy atom. The highest BCUT2D eigenvalue weighted by atomic mass is 16.5. The number of carboxylic acids is 1. The third-order valence-electron chi connectivity index (χ3n) is 4.14. The summed E-state index contributed by atoms with van der Waals surface area (Å²) < 4.78 is 5.83. The van der Waals surface area contributed by atoms with Gasteiger partial charge in [-0.15, -0.1) is 0 Å². The zero-order chi connectivity index (χ0) is 11.5. The van der Waals surface area contributed by atoms with Crippen molar-refractivity contribution in [3.8, 4) is 0 Å². The van der Waals surface area contributed by atoms with Gasteiger partial charge in [-0.05, 0) is 44.6 Å². The van der Waals surface area contributed by atoms with Gasteiger partial charge >= 0.3 is 5.97 Å². The predicted molar refractivity (Wildman–Crippen MR) is 60.2 cm³/mol. The molecule has 4 unspecified atom stereocenters. The summed E-state index contributed by atoms with van der Waals surface area (Å²) in [6.45, 7) is 1.61. The van der Waals surface area contributed by atoms with E-state index < -0.39 is 5.97 Å². The fraction of sp³-hybridized carbons (Fsp3) is 0.917. The second kappa shape index (κ2) is 5.15. The first-order valence-electron chi connectivity index (χ1n) is 6.23. The van der Waals surface area contributed by atoms with Crippen molar-refractivity contribution in [2.75, 3.05) is 20.2 Å². The Morgan fingerprint density at radius 1 is 1.31 bits per heavy atom. The van der Waals surface area contributed by atoms with Crippen molar-refractivity contribution in [1.29, 1.82) is 0 Å². The van der Waals surface area contributed by atoms with Crippen molar-refractivity contribution in [3.63, 3.8) is 0 Å². The van der Waals surface area contributed by atoms with Crippen LogP contribution in [0.15, 0.2) is 0 Å².